The highest BCUT2D eigenvalue weighted by molar-refractivity contribution is 5.69. The van der Waals surface area contributed by atoms with Crippen LogP contribution in [0.4, 0.5) is 0 Å². The fourth-order valence-electron chi connectivity index (χ4n) is 4.44. The number of carbonyl (C=O) groups is 1. The zero-order valence-corrected chi connectivity index (χ0v) is 20.2. The number of allylic oxidation sites excluding steroid dienone is 2. The van der Waals surface area contributed by atoms with Crippen molar-refractivity contribution in [2.24, 2.45) is 11.8 Å². The van der Waals surface area contributed by atoms with Gasteiger partial charge >= 0.3 is 5.97 Å². The van der Waals surface area contributed by atoms with Crippen LogP contribution in [0.5, 0.6) is 0 Å². The number of unbranched alkanes of at least 4 members (excludes halogenated alkanes) is 2. The van der Waals surface area contributed by atoms with E-state index < -0.39 is 18.3 Å². The molecule has 5 atom stereocenters. The molecule has 1 aliphatic rings. The number of carbonyl (C=O) groups excluding carboxylic acids is 1. The molecular weight excluding hydrogens is 416 g/mol. The Kier molecular flexibility index (Phi) is 12.4. The summed E-state index contributed by atoms with van der Waals surface area (Å²) in [5.41, 5.74) is 1.32. The van der Waals surface area contributed by atoms with Gasteiger partial charge < -0.3 is 20.1 Å². The van der Waals surface area contributed by atoms with Gasteiger partial charge in [-0.25, -0.2) is 0 Å². The molecular formula is C28H42O5. The SMILES string of the molecule is CC(C)OC(=O)CCCC=CCC1C(O)CC(O)C1C=CC(O)CCCCc1ccccc1. The zero-order valence-electron chi connectivity index (χ0n) is 20.2. The predicted molar refractivity (Wildman–Crippen MR) is 132 cm³/mol. The Bertz CT molecular complexity index is 727. The first-order valence-corrected chi connectivity index (χ1v) is 12.5. The number of aliphatic hydroxyl groups is 3. The summed E-state index contributed by atoms with van der Waals surface area (Å²) in [5, 5.41) is 31.1. The summed E-state index contributed by atoms with van der Waals surface area (Å²) in [4.78, 5) is 11.6. The monoisotopic (exact) mass is 458 g/mol. The Balaban J connectivity index is 1.70. The van der Waals surface area contributed by atoms with Crippen LogP contribution in [0.2, 0.25) is 0 Å². The van der Waals surface area contributed by atoms with Crippen LogP contribution in [0.15, 0.2) is 54.6 Å². The van der Waals surface area contributed by atoms with Crippen molar-refractivity contribution in [3.8, 4) is 0 Å². The zero-order chi connectivity index (χ0) is 24.1. The summed E-state index contributed by atoms with van der Waals surface area (Å²) < 4.78 is 5.12. The van der Waals surface area contributed by atoms with Crippen LogP contribution >= 0.6 is 0 Å². The van der Waals surface area contributed by atoms with Gasteiger partial charge in [-0.15, -0.1) is 0 Å². The van der Waals surface area contributed by atoms with E-state index in [1.807, 2.05) is 50.3 Å². The number of benzene rings is 1. The van der Waals surface area contributed by atoms with Gasteiger partial charge in [0, 0.05) is 18.8 Å². The van der Waals surface area contributed by atoms with Crippen LogP contribution in [0.1, 0.15) is 70.8 Å². The van der Waals surface area contributed by atoms with E-state index in [1.54, 1.807) is 6.08 Å². The smallest absolute Gasteiger partial charge is 0.306 e. The van der Waals surface area contributed by atoms with Gasteiger partial charge in [-0.1, -0.05) is 61.1 Å². The van der Waals surface area contributed by atoms with Crippen molar-refractivity contribution < 1.29 is 24.9 Å². The van der Waals surface area contributed by atoms with Crippen LogP contribution in [-0.4, -0.2) is 45.7 Å². The van der Waals surface area contributed by atoms with E-state index in [2.05, 4.69) is 12.1 Å². The molecule has 0 aliphatic heterocycles. The van der Waals surface area contributed by atoms with E-state index in [4.69, 9.17) is 4.74 Å². The first-order chi connectivity index (χ1) is 15.9. The minimum absolute atomic E-state index is 0.0660. The average molecular weight is 459 g/mol. The molecule has 184 valence electrons. The molecule has 0 spiro atoms. The molecule has 1 aliphatic carbocycles. The minimum Gasteiger partial charge on any atom is -0.463 e. The summed E-state index contributed by atoms with van der Waals surface area (Å²) in [7, 11) is 0. The van der Waals surface area contributed by atoms with Crippen LogP contribution < -0.4 is 0 Å². The quantitative estimate of drug-likeness (QED) is 0.213. The molecule has 33 heavy (non-hydrogen) atoms. The number of rotatable bonds is 14. The molecule has 1 aromatic rings. The third-order valence-corrected chi connectivity index (χ3v) is 6.22. The topological polar surface area (TPSA) is 87.0 Å². The van der Waals surface area contributed by atoms with Gasteiger partial charge in [-0.2, -0.15) is 0 Å². The number of aliphatic hydroxyl groups excluding tert-OH is 3. The van der Waals surface area contributed by atoms with E-state index in [-0.39, 0.29) is 23.9 Å². The van der Waals surface area contributed by atoms with Gasteiger partial charge in [0.25, 0.3) is 0 Å². The molecule has 2 rings (SSSR count). The second-order valence-corrected chi connectivity index (χ2v) is 9.43. The number of esters is 1. The molecule has 0 heterocycles. The summed E-state index contributed by atoms with van der Waals surface area (Å²) in [5.74, 6) is -0.398. The molecule has 5 heteroatoms. The van der Waals surface area contributed by atoms with Gasteiger partial charge in [0.05, 0.1) is 24.4 Å². The lowest BCUT2D eigenvalue weighted by Gasteiger charge is -2.19. The Hall–Kier alpha value is -1.95. The van der Waals surface area contributed by atoms with Gasteiger partial charge in [0.15, 0.2) is 0 Å². The highest BCUT2D eigenvalue weighted by atomic mass is 16.5. The van der Waals surface area contributed by atoms with Crippen LogP contribution in [0, 0.1) is 11.8 Å². The first-order valence-electron chi connectivity index (χ1n) is 12.5. The van der Waals surface area contributed by atoms with Gasteiger partial charge in [0.2, 0.25) is 0 Å². The Morgan fingerprint density at radius 2 is 1.85 bits per heavy atom. The Morgan fingerprint density at radius 1 is 1.09 bits per heavy atom. The lowest BCUT2D eigenvalue weighted by Crippen LogP contribution is -2.20. The largest absolute Gasteiger partial charge is 0.463 e. The van der Waals surface area contributed by atoms with E-state index in [1.165, 1.54) is 5.56 Å². The highest BCUT2D eigenvalue weighted by Crippen LogP contribution is 2.36. The fraction of sp³-hybridized carbons (Fsp3) is 0.607. The van der Waals surface area contributed by atoms with E-state index in [0.29, 0.717) is 25.7 Å². The second-order valence-electron chi connectivity index (χ2n) is 9.43. The molecule has 3 N–H and O–H groups in total. The van der Waals surface area contributed by atoms with E-state index in [0.717, 1.165) is 32.1 Å². The van der Waals surface area contributed by atoms with Crippen LogP contribution in [0.25, 0.3) is 0 Å². The standard InChI is InChI=1S/C28H42O5/c1-21(2)33-28(32)17-9-4-3-8-16-24-25(27(31)20-26(24)30)19-18-23(29)15-11-10-14-22-12-6-5-7-13-22/h3,5-8,12-13,18-19,21,23-27,29-31H,4,9-11,14-17,20H2,1-2H3. The molecule has 0 bridgehead atoms. The molecule has 1 saturated carbocycles. The average Bonchev–Trinajstić information content (AvgIpc) is 3.04. The molecule has 1 aromatic carbocycles. The number of hydrogen-bond acceptors (Lipinski definition) is 5. The lowest BCUT2D eigenvalue weighted by atomic mass is 9.89. The maximum atomic E-state index is 11.6. The van der Waals surface area contributed by atoms with Crippen molar-refractivity contribution in [3.05, 3.63) is 60.2 Å². The number of hydrogen-bond donors (Lipinski definition) is 3. The van der Waals surface area contributed by atoms with E-state index in [9.17, 15) is 20.1 Å². The van der Waals surface area contributed by atoms with Gasteiger partial charge in [-0.3, -0.25) is 4.79 Å². The Morgan fingerprint density at radius 3 is 2.58 bits per heavy atom. The maximum Gasteiger partial charge on any atom is 0.306 e. The molecule has 0 amide bonds. The minimum atomic E-state index is -0.592. The molecule has 0 saturated heterocycles. The summed E-state index contributed by atoms with van der Waals surface area (Å²) in [6.45, 7) is 3.68. The molecule has 5 unspecified atom stereocenters. The summed E-state index contributed by atoms with van der Waals surface area (Å²) in [6.07, 6.45) is 12.6. The molecule has 5 nitrogen and oxygen atoms in total. The lowest BCUT2D eigenvalue weighted by molar-refractivity contribution is -0.147. The predicted octanol–water partition coefficient (Wildman–Crippen LogP) is 4.74. The number of aryl methyl sites for hydroxylation is 1. The Labute approximate surface area is 199 Å². The van der Waals surface area contributed by atoms with Crippen LogP contribution in [-0.2, 0) is 16.0 Å². The van der Waals surface area contributed by atoms with Crippen molar-refractivity contribution in [2.45, 2.75) is 96.1 Å². The van der Waals surface area contributed by atoms with Crippen molar-refractivity contribution >= 4 is 5.97 Å². The van der Waals surface area contributed by atoms with Crippen molar-refractivity contribution in [2.75, 3.05) is 0 Å². The van der Waals surface area contributed by atoms with E-state index >= 15 is 0 Å². The third kappa shape index (κ3) is 10.7. The van der Waals surface area contributed by atoms with Gasteiger partial charge in [-0.05, 0) is 63.9 Å². The van der Waals surface area contributed by atoms with Crippen molar-refractivity contribution in [3.63, 3.8) is 0 Å². The molecule has 0 radical (unpaired) electrons. The second kappa shape index (κ2) is 15.0. The summed E-state index contributed by atoms with van der Waals surface area (Å²) in [6, 6.07) is 10.4. The van der Waals surface area contributed by atoms with Crippen LogP contribution in [0.3, 0.4) is 0 Å². The van der Waals surface area contributed by atoms with Crippen molar-refractivity contribution in [1.82, 2.24) is 0 Å². The fourth-order valence-corrected chi connectivity index (χ4v) is 4.44. The number of ether oxygens (including phenoxy) is 1. The first kappa shape index (κ1) is 27.3. The molecule has 1 fully saturated rings. The normalized spacial score (nSPS) is 24.2. The van der Waals surface area contributed by atoms with Gasteiger partial charge in [0.1, 0.15) is 0 Å². The summed E-state index contributed by atoms with van der Waals surface area (Å²) >= 11 is 0. The third-order valence-electron chi connectivity index (χ3n) is 6.22. The van der Waals surface area contributed by atoms with Crippen molar-refractivity contribution in [1.29, 1.82) is 0 Å². The maximum absolute atomic E-state index is 11.6. The molecule has 0 aromatic heterocycles. The highest BCUT2D eigenvalue weighted by Gasteiger charge is 2.39.